The third-order valence-corrected chi connectivity index (χ3v) is 4.04. The lowest BCUT2D eigenvalue weighted by atomic mass is 10.1. The van der Waals surface area contributed by atoms with Gasteiger partial charge in [-0.05, 0) is 36.2 Å². The van der Waals surface area contributed by atoms with Gasteiger partial charge in [0.2, 0.25) is 0 Å². The molecule has 0 saturated heterocycles. The minimum absolute atomic E-state index is 0.200. The Hall–Kier alpha value is -2.66. The highest BCUT2D eigenvalue weighted by Gasteiger charge is 2.04. The van der Waals surface area contributed by atoms with Crippen LogP contribution in [-0.4, -0.2) is 30.7 Å². The maximum Gasteiger partial charge on any atom is 0.314 e. The lowest BCUT2D eigenvalue weighted by Gasteiger charge is -2.09. The van der Waals surface area contributed by atoms with E-state index in [1.807, 2.05) is 36.5 Å². The van der Waals surface area contributed by atoms with Gasteiger partial charge in [0.25, 0.3) is 0 Å². The fourth-order valence-corrected chi connectivity index (χ4v) is 2.78. The minimum atomic E-state index is -0.200. The van der Waals surface area contributed by atoms with E-state index in [-0.39, 0.29) is 6.03 Å². The molecule has 0 atom stereocenters. The van der Waals surface area contributed by atoms with Crippen LogP contribution >= 0.6 is 11.6 Å². The van der Waals surface area contributed by atoms with Crippen LogP contribution in [0.3, 0.4) is 0 Å². The summed E-state index contributed by atoms with van der Waals surface area (Å²) in [6.07, 6.45) is 2.76. The predicted molar refractivity (Wildman–Crippen MR) is 100 cm³/mol. The molecule has 0 fully saturated rings. The first kappa shape index (κ1) is 17.2. The number of ether oxygens (including phenoxy) is 1. The maximum absolute atomic E-state index is 11.8. The fraction of sp³-hybridized carbons (Fsp3) is 0.211. The molecule has 0 radical (unpaired) electrons. The average molecular weight is 358 g/mol. The zero-order valence-electron chi connectivity index (χ0n) is 13.7. The zero-order chi connectivity index (χ0) is 17.5. The van der Waals surface area contributed by atoms with Crippen LogP contribution in [0.1, 0.15) is 5.56 Å². The van der Waals surface area contributed by atoms with Crippen LogP contribution in [0.15, 0.2) is 54.7 Å². The van der Waals surface area contributed by atoms with Crippen LogP contribution in [0.4, 0.5) is 4.79 Å². The van der Waals surface area contributed by atoms with Crippen LogP contribution in [-0.2, 0) is 6.42 Å². The molecule has 0 spiro atoms. The molecule has 0 aliphatic heterocycles. The summed E-state index contributed by atoms with van der Waals surface area (Å²) in [5.41, 5.74) is 2.31. The Morgan fingerprint density at radius 3 is 2.80 bits per heavy atom. The molecule has 1 heterocycles. The number of amides is 2. The molecule has 0 bridgehead atoms. The van der Waals surface area contributed by atoms with Gasteiger partial charge in [0.05, 0.1) is 6.54 Å². The van der Waals surface area contributed by atoms with Gasteiger partial charge >= 0.3 is 6.03 Å². The molecule has 6 heteroatoms. The van der Waals surface area contributed by atoms with E-state index in [0.29, 0.717) is 30.5 Å². The summed E-state index contributed by atoms with van der Waals surface area (Å²) in [7, 11) is 0. The number of carbonyl (C=O) groups is 1. The second-order valence-electron chi connectivity index (χ2n) is 5.60. The predicted octanol–water partition coefficient (Wildman–Crippen LogP) is 3.74. The molecule has 0 unspecified atom stereocenters. The van der Waals surface area contributed by atoms with E-state index < -0.39 is 0 Å². The van der Waals surface area contributed by atoms with Crippen molar-refractivity contribution in [3.05, 3.63) is 65.3 Å². The summed E-state index contributed by atoms with van der Waals surface area (Å²) in [5.74, 6) is 0.689. The Morgan fingerprint density at radius 1 is 1.08 bits per heavy atom. The Kier molecular flexibility index (Phi) is 5.80. The van der Waals surface area contributed by atoms with E-state index in [9.17, 15) is 4.79 Å². The quantitative estimate of drug-likeness (QED) is 0.564. The first-order valence-corrected chi connectivity index (χ1v) is 8.55. The number of hydrogen-bond acceptors (Lipinski definition) is 2. The maximum atomic E-state index is 11.8. The summed E-state index contributed by atoms with van der Waals surface area (Å²) in [6.45, 7) is 1.38. The van der Waals surface area contributed by atoms with Crippen LogP contribution < -0.4 is 15.4 Å². The van der Waals surface area contributed by atoms with Gasteiger partial charge in [-0.2, -0.15) is 0 Å². The van der Waals surface area contributed by atoms with Crippen molar-refractivity contribution in [3.8, 4) is 5.75 Å². The van der Waals surface area contributed by atoms with Gasteiger partial charge in [-0.25, -0.2) is 4.79 Å². The normalized spacial score (nSPS) is 10.6. The molecule has 3 aromatic rings. The lowest BCUT2D eigenvalue weighted by Crippen LogP contribution is -2.38. The number of nitrogens with one attached hydrogen (secondary N) is 3. The number of fused-ring (bicyclic) bond motifs is 1. The molecule has 130 valence electrons. The fourth-order valence-electron chi connectivity index (χ4n) is 2.60. The van der Waals surface area contributed by atoms with Gasteiger partial charge in [0.1, 0.15) is 12.4 Å². The van der Waals surface area contributed by atoms with Crippen molar-refractivity contribution in [2.45, 2.75) is 6.42 Å². The van der Waals surface area contributed by atoms with Crippen molar-refractivity contribution in [2.75, 3.05) is 19.7 Å². The van der Waals surface area contributed by atoms with E-state index >= 15 is 0 Å². The van der Waals surface area contributed by atoms with Crippen molar-refractivity contribution >= 4 is 28.5 Å². The van der Waals surface area contributed by atoms with Gasteiger partial charge in [0, 0.05) is 28.7 Å². The number of hydrogen-bond donors (Lipinski definition) is 3. The monoisotopic (exact) mass is 357 g/mol. The van der Waals surface area contributed by atoms with E-state index in [1.165, 1.54) is 10.9 Å². The molecule has 25 heavy (non-hydrogen) atoms. The molecule has 5 nitrogen and oxygen atoms in total. The molecule has 0 saturated carbocycles. The molecule has 3 N–H and O–H groups in total. The van der Waals surface area contributed by atoms with Crippen LogP contribution in [0, 0.1) is 0 Å². The summed E-state index contributed by atoms with van der Waals surface area (Å²) >= 11 is 5.88. The van der Waals surface area contributed by atoms with Crippen LogP contribution in [0.25, 0.3) is 10.9 Å². The third kappa shape index (κ3) is 4.90. The number of benzene rings is 2. The van der Waals surface area contributed by atoms with E-state index in [4.69, 9.17) is 16.3 Å². The summed E-state index contributed by atoms with van der Waals surface area (Å²) < 4.78 is 5.52. The van der Waals surface area contributed by atoms with Crippen molar-refractivity contribution in [1.29, 1.82) is 0 Å². The molecule has 2 amide bonds. The van der Waals surface area contributed by atoms with Gasteiger partial charge in [-0.3, -0.25) is 0 Å². The Balaban J connectivity index is 1.34. The number of aromatic amines is 1. The number of halogens is 1. The lowest BCUT2D eigenvalue weighted by molar-refractivity contribution is 0.236. The van der Waals surface area contributed by atoms with Gasteiger partial charge in [-0.1, -0.05) is 35.9 Å². The zero-order valence-corrected chi connectivity index (χ0v) is 14.5. The second-order valence-corrected chi connectivity index (χ2v) is 6.03. The van der Waals surface area contributed by atoms with Crippen molar-refractivity contribution in [3.63, 3.8) is 0 Å². The highest BCUT2D eigenvalue weighted by atomic mass is 35.5. The number of rotatable bonds is 7. The molecular formula is C19H20ClN3O2. The highest BCUT2D eigenvalue weighted by Crippen LogP contribution is 2.18. The first-order valence-electron chi connectivity index (χ1n) is 8.17. The molecule has 2 aromatic carbocycles. The van der Waals surface area contributed by atoms with Crippen LogP contribution in [0.2, 0.25) is 5.02 Å². The average Bonchev–Trinajstić information content (AvgIpc) is 3.02. The van der Waals surface area contributed by atoms with Crippen molar-refractivity contribution in [1.82, 2.24) is 15.6 Å². The topological polar surface area (TPSA) is 66.2 Å². The van der Waals surface area contributed by atoms with E-state index in [2.05, 4.69) is 21.7 Å². The summed E-state index contributed by atoms with van der Waals surface area (Å²) in [6, 6.07) is 15.1. The third-order valence-electron chi connectivity index (χ3n) is 3.81. The molecule has 1 aromatic heterocycles. The highest BCUT2D eigenvalue weighted by molar-refractivity contribution is 6.30. The smallest absolute Gasteiger partial charge is 0.314 e. The molecular weight excluding hydrogens is 338 g/mol. The Bertz CT molecular complexity index is 847. The van der Waals surface area contributed by atoms with Crippen molar-refractivity contribution in [2.24, 2.45) is 0 Å². The van der Waals surface area contributed by atoms with Gasteiger partial charge in [-0.15, -0.1) is 0 Å². The largest absolute Gasteiger partial charge is 0.492 e. The van der Waals surface area contributed by atoms with E-state index in [0.717, 1.165) is 11.9 Å². The number of H-pyrrole nitrogens is 1. The molecule has 0 aliphatic rings. The van der Waals surface area contributed by atoms with Crippen LogP contribution in [0.5, 0.6) is 5.75 Å². The number of aromatic nitrogens is 1. The molecule has 0 aliphatic carbocycles. The van der Waals surface area contributed by atoms with E-state index in [1.54, 1.807) is 12.1 Å². The summed E-state index contributed by atoms with van der Waals surface area (Å²) in [4.78, 5) is 15.0. The number of carbonyl (C=O) groups excluding carboxylic acids is 1. The minimum Gasteiger partial charge on any atom is -0.492 e. The first-order chi connectivity index (χ1) is 12.2. The van der Waals surface area contributed by atoms with Crippen molar-refractivity contribution < 1.29 is 9.53 Å². The number of urea groups is 1. The van der Waals surface area contributed by atoms with Gasteiger partial charge < -0.3 is 20.4 Å². The van der Waals surface area contributed by atoms with Gasteiger partial charge in [0.15, 0.2) is 0 Å². The summed E-state index contributed by atoms with van der Waals surface area (Å²) in [5, 5.41) is 7.44. The SMILES string of the molecule is O=C(NCCOc1cccc(Cl)c1)NCCc1c[nH]c2ccccc12. The number of para-hydroxylation sites is 1. The standard InChI is InChI=1S/C19H20ClN3O2/c20-15-4-3-5-16(12-15)25-11-10-22-19(24)21-9-8-14-13-23-18-7-2-1-6-17(14)18/h1-7,12-13,23H,8-11H2,(H2,21,22,24). The Labute approximate surface area is 151 Å². The molecule has 3 rings (SSSR count). The second kappa shape index (κ2) is 8.44. The Morgan fingerprint density at radius 2 is 1.92 bits per heavy atom.